The number of ether oxygens (including phenoxy) is 1. The molecule has 0 fully saturated rings. The minimum atomic E-state index is -0.222. The number of amides is 1. The molecule has 2 aromatic carbocycles. The average Bonchev–Trinajstić information content (AvgIpc) is 2.59. The Morgan fingerprint density at radius 1 is 1.00 bits per heavy atom. The summed E-state index contributed by atoms with van der Waals surface area (Å²) in [4.78, 5) is 16.3. The van der Waals surface area contributed by atoms with E-state index in [9.17, 15) is 4.79 Å². The quantitative estimate of drug-likeness (QED) is 0.721. The summed E-state index contributed by atoms with van der Waals surface area (Å²) < 4.78 is 5.65. The molecular formula is C19H15ClN2O2. The number of carbonyl (C=O) groups is 1. The van der Waals surface area contributed by atoms with Crippen LogP contribution in [0.1, 0.15) is 15.9 Å². The lowest BCUT2D eigenvalue weighted by Crippen LogP contribution is -2.11. The number of anilines is 1. The first-order chi connectivity index (χ1) is 11.6. The van der Waals surface area contributed by atoms with Crippen LogP contribution in [-0.4, -0.2) is 10.9 Å². The molecule has 4 nitrogen and oxygen atoms in total. The molecule has 0 radical (unpaired) electrons. The van der Waals surface area contributed by atoms with E-state index in [4.69, 9.17) is 16.3 Å². The van der Waals surface area contributed by atoms with Crippen molar-refractivity contribution in [2.75, 3.05) is 5.32 Å². The van der Waals surface area contributed by atoms with E-state index in [1.165, 1.54) is 0 Å². The maximum atomic E-state index is 12.1. The highest BCUT2D eigenvalue weighted by Gasteiger charge is 2.06. The summed E-state index contributed by atoms with van der Waals surface area (Å²) in [7, 11) is 0. The zero-order chi connectivity index (χ0) is 16.9. The predicted molar refractivity (Wildman–Crippen MR) is 94.9 cm³/mol. The first kappa shape index (κ1) is 16.0. The van der Waals surface area contributed by atoms with Crippen LogP contribution in [0.3, 0.4) is 0 Å². The molecule has 0 saturated heterocycles. The average molecular weight is 339 g/mol. The third-order valence-electron chi connectivity index (χ3n) is 3.34. The molecule has 24 heavy (non-hydrogen) atoms. The Kier molecular flexibility index (Phi) is 4.77. The molecule has 0 aliphatic rings. The Morgan fingerprint density at radius 2 is 1.71 bits per heavy atom. The number of carbonyl (C=O) groups excluding carboxylic acids is 1. The SMILES string of the molecule is Cc1ccc(Oc2ccc(NC(=O)c3ccc(Cl)cc3)cn2)cc1. The smallest absolute Gasteiger partial charge is 0.255 e. The van der Waals surface area contributed by atoms with Gasteiger partial charge in [-0.15, -0.1) is 0 Å². The molecule has 1 amide bonds. The van der Waals surface area contributed by atoms with Crippen LogP contribution >= 0.6 is 11.6 Å². The molecular weight excluding hydrogens is 324 g/mol. The van der Waals surface area contributed by atoms with E-state index >= 15 is 0 Å². The van der Waals surface area contributed by atoms with Crippen LogP contribution in [-0.2, 0) is 0 Å². The van der Waals surface area contributed by atoms with Crippen molar-refractivity contribution in [1.29, 1.82) is 0 Å². The lowest BCUT2D eigenvalue weighted by molar-refractivity contribution is 0.102. The zero-order valence-electron chi connectivity index (χ0n) is 13.0. The molecule has 0 unspecified atom stereocenters. The maximum Gasteiger partial charge on any atom is 0.255 e. The zero-order valence-corrected chi connectivity index (χ0v) is 13.7. The normalized spacial score (nSPS) is 10.2. The number of rotatable bonds is 4. The van der Waals surface area contributed by atoms with Crippen LogP contribution in [0.4, 0.5) is 5.69 Å². The van der Waals surface area contributed by atoms with Gasteiger partial charge >= 0.3 is 0 Å². The summed E-state index contributed by atoms with van der Waals surface area (Å²) in [6, 6.07) is 17.8. The number of halogens is 1. The molecule has 3 rings (SSSR count). The van der Waals surface area contributed by atoms with E-state index in [1.807, 2.05) is 31.2 Å². The predicted octanol–water partition coefficient (Wildman–Crippen LogP) is 5.09. The highest BCUT2D eigenvalue weighted by atomic mass is 35.5. The van der Waals surface area contributed by atoms with Crippen molar-refractivity contribution >= 4 is 23.2 Å². The van der Waals surface area contributed by atoms with Crippen molar-refractivity contribution in [2.45, 2.75) is 6.92 Å². The summed E-state index contributed by atoms with van der Waals surface area (Å²) in [5.74, 6) is 0.954. The summed E-state index contributed by atoms with van der Waals surface area (Å²) in [6.45, 7) is 2.01. The summed E-state index contributed by atoms with van der Waals surface area (Å²) in [5, 5.41) is 3.36. The fourth-order valence-electron chi connectivity index (χ4n) is 2.05. The van der Waals surface area contributed by atoms with Crippen LogP contribution < -0.4 is 10.1 Å². The van der Waals surface area contributed by atoms with Crippen LogP contribution in [0, 0.1) is 6.92 Å². The molecule has 0 spiro atoms. The molecule has 0 bridgehead atoms. The number of pyridine rings is 1. The summed E-state index contributed by atoms with van der Waals surface area (Å²) in [5.41, 5.74) is 2.28. The first-order valence-electron chi connectivity index (χ1n) is 7.38. The van der Waals surface area contributed by atoms with Gasteiger partial charge in [-0.1, -0.05) is 29.3 Å². The molecule has 1 heterocycles. The van der Waals surface area contributed by atoms with Gasteiger partial charge in [0.2, 0.25) is 5.88 Å². The van der Waals surface area contributed by atoms with Crippen LogP contribution in [0.15, 0.2) is 66.9 Å². The Hall–Kier alpha value is -2.85. The molecule has 1 aromatic heterocycles. The fraction of sp³-hybridized carbons (Fsp3) is 0.0526. The Labute approximate surface area is 145 Å². The van der Waals surface area contributed by atoms with Crippen molar-refractivity contribution in [3.63, 3.8) is 0 Å². The minimum Gasteiger partial charge on any atom is -0.439 e. The van der Waals surface area contributed by atoms with E-state index in [1.54, 1.807) is 42.6 Å². The van der Waals surface area contributed by atoms with Gasteiger partial charge < -0.3 is 10.1 Å². The fourth-order valence-corrected chi connectivity index (χ4v) is 2.17. The van der Waals surface area contributed by atoms with Gasteiger partial charge in [-0.05, 0) is 49.4 Å². The molecule has 5 heteroatoms. The Morgan fingerprint density at radius 3 is 2.33 bits per heavy atom. The highest BCUT2D eigenvalue weighted by molar-refractivity contribution is 6.30. The van der Waals surface area contributed by atoms with E-state index in [-0.39, 0.29) is 5.91 Å². The standard InChI is InChI=1S/C19H15ClN2O2/c1-13-2-9-17(10-3-13)24-18-11-8-16(12-21-18)22-19(23)14-4-6-15(20)7-5-14/h2-12H,1H3,(H,22,23). The second kappa shape index (κ2) is 7.15. The van der Waals surface area contributed by atoms with Gasteiger partial charge in [-0.3, -0.25) is 4.79 Å². The Balaban J connectivity index is 1.64. The van der Waals surface area contributed by atoms with E-state index < -0.39 is 0 Å². The van der Waals surface area contributed by atoms with Crippen molar-refractivity contribution in [3.05, 3.63) is 83.0 Å². The van der Waals surface area contributed by atoms with E-state index in [0.717, 1.165) is 5.56 Å². The highest BCUT2D eigenvalue weighted by Crippen LogP contribution is 2.21. The van der Waals surface area contributed by atoms with Crippen LogP contribution in [0.5, 0.6) is 11.6 Å². The number of nitrogens with one attached hydrogen (secondary N) is 1. The molecule has 0 saturated carbocycles. The largest absolute Gasteiger partial charge is 0.439 e. The second-order valence-electron chi connectivity index (χ2n) is 5.26. The third kappa shape index (κ3) is 4.12. The van der Waals surface area contributed by atoms with Gasteiger partial charge in [0.25, 0.3) is 5.91 Å². The van der Waals surface area contributed by atoms with Gasteiger partial charge in [-0.2, -0.15) is 0 Å². The Bertz CT molecular complexity index is 829. The molecule has 0 atom stereocenters. The summed E-state index contributed by atoms with van der Waals surface area (Å²) >= 11 is 5.81. The van der Waals surface area contributed by atoms with Gasteiger partial charge in [0.05, 0.1) is 11.9 Å². The van der Waals surface area contributed by atoms with Gasteiger partial charge in [0.15, 0.2) is 0 Å². The van der Waals surface area contributed by atoms with Gasteiger partial charge in [0.1, 0.15) is 5.75 Å². The number of aryl methyl sites for hydroxylation is 1. The monoisotopic (exact) mass is 338 g/mol. The molecule has 0 aliphatic heterocycles. The lowest BCUT2D eigenvalue weighted by Gasteiger charge is -2.07. The molecule has 120 valence electrons. The first-order valence-corrected chi connectivity index (χ1v) is 7.75. The number of hydrogen-bond donors (Lipinski definition) is 1. The lowest BCUT2D eigenvalue weighted by atomic mass is 10.2. The summed E-state index contributed by atoms with van der Waals surface area (Å²) in [6.07, 6.45) is 1.55. The van der Waals surface area contributed by atoms with Crippen molar-refractivity contribution in [3.8, 4) is 11.6 Å². The van der Waals surface area contributed by atoms with Crippen molar-refractivity contribution in [1.82, 2.24) is 4.98 Å². The number of benzene rings is 2. The van der Waals surface area contributed by atoms with Gasteiger partial charge in [0, 0.05) is 16.7 Å². The molecule has 3 aromatic rings. The van der Waals surface area contributed by atoms with E-state index in [2.05, 4.69) is 10.3 Å². The third-order valence-corrected chi connectivity index (χ3v) is 3.60. The number of aromatic nitrogens is 1. The van der Waals surface area contributed by atoms with Crippen LogP contribution in [0.2, 0.25) is 5.02 Å². The van der Waals surface area contributed by atoms with Gasteiger partial charge in [-0.25, -0.2) is 4.98 Å². The van der Waals surface area contributed by atoms with Crippen molar-refractivity contribution < 1.29 is 9.53 Å². The number of nitrogens with zero attached hydrogens (tertiary/aromatic N) is 1. The van der Waals surface area contributed by atoms with E-state index in [0.29, 0.717) is 27.9 Å². The number of hydrogen-bond acceptors (Lipinski definition) is 3. The molecule has 0 aliphatic carbocycles. The second-order valence-corrected chi connectivity index (χ2v) is 5.70. The molecule has 1 N–H and O–H groups in total. The topological polar surface area (TPSA) is 51.2 Å². The maximum absolute atomic E-state index is 12.1. The minimum absolute atomic E-state index is 0.222. The van der Waals surface area contributed by atoms with Crippen LogP contribution in [0.25, 0.3) is 0 Å². The van der Waals surface area contributed by atoms with Crippen molar-refractivity contribution in [2.24, 2.45) is 0 Å².